The lowest BCUT2D eigenvalue weighted by Gasteiger charge is -2.19. The van der Waals surface area contributed by atoms with Crippen LogP contribution in [0.1, 0.15) is 30.5 Å². The first-order chi connectivity index (χ1) is 9.69. The average molecular weight is 337 g/mol. The molecule has 0 aliphatic rings. The molecule has 0 aliphatic carbocycles. The molecule has 0 saturated carbocycles. The molecule has 0 saturated heterocycles. The summed E-state index contributed by atoms with van der Waals surface area (Å²) in [6, 6.07) is 8.94. The van der Waals surface area contributed by atoms with Crippen LogP contribution in [-0.2, 0) is 6.42 Å². The Morgan fingerprint density at radius 1 is 1.25 bits per heavy atom. The molecule has 0 amide bonds. The highest BCUT2D eigenvalue weighted by atomic mass is 79.9. The number of aromatic nitrogens is 1. The van der Waals surface area contributed by atoms with Crippen LogP contribution in [0.2, 0.25) is 0 Å². The van der Waals surface area contributed by atoms with Gasteiger partial charge in [0.25, 0.3) is 0 Å². The number of halogens is 2. The van der Waals surface area contributed by atoms with Crippen molar-refractivity contribution in [2.24, 2.45) is 0 Å². The normalized spacial score (nSPS) is 12.3. The second-order valence-electron chi connectivity index (χ2n) is 4.77. The van der Waals surface area contributed by atoms with Crippen molar-refractivity contribution in [3.63, 3.8) is 0 Å². The molecule has 0 aliphatic heterocycles. The van der Waals surface area contributed by atoms with E-state index in [0.717, 1.165) is 35.0 Å². The number of nitrogens with zero attached hydrogens (tertiary/aromatic N) is 1. The highest BCUT2D eigenvalue weighted by Crippen LogP contribution is 2.20. The lowest BCUT2D eigenvalue weighted by molar-refractivity contribution is 0.527. The van der Waals surface area contributed by atoms with Crippen LogP contribution in [0.15, 0.2) is 47.2 Å². The SMILES string of the molecule is CCCNC(Cc1cncc(Br)c1)c1ccc(F)cc1. The Bertz CT molecular complexity index is 542. The monoisotopic (exact) mass is 336 g/mol. The zero-order valence-electron chi connectivity index (χ0n) is 11.4. The fourth-order valence-electron chi connectivity index (χ4n) is 2.12. The van der Waals surface area contributed by atoms with Gasteiger partial charge in [0.15, 0.2) is 0 Å². The van der Waals surface area contributed by atoms with E-state index in [1.807, 2.05) is 18.3 Å². The van der Waals surface area contributed by atoms with Crippen molar-refractivity contribution >= 4 is 15.9 Å². The van der Waals surface area contributed by atoms with E-state index in [9.17, 15) is 4.39 Å². The molecular formula is C16H18BrFN2. The van der Waals surface area contributed by atoms with E-state index in [1.165, 1.54) is 12.1 Å². The minimum atomic E-state index is -0.202. The van der Waals surface area contributed by atoms with Crippen molar-refractivity contribution in [1.82, 2.24) is 10.3 Å². The van der Waals surface area contributed by atoms with Crippen LogP contribution >= 0.6 is 15.9 Å². The molecule has 2 nitrogen and oxygen atoms in total. The molecule has 1 aromatic heterocycles. The third-order valence-corrected chi connectivity index (χ3v) is 3.55. The fraction of sp³-hybridized carbons (Fsp3) is 0.312. The standard InChI is InChI=1S/C16H18BrFN2/c1-2-7-20-16(13-3-5-15(18)6-4-13)9-12-8-14(17)11-19-10-12/h3-6,8,10-11,16,20H,2,7,9H2,1H3. The van der Waals surface area contributed by atoms with Crippen LogP contribution in [0.25, 0.3) is 0 Å². The average Bonchev–Trinajstić information content (AvgIpc) is 2.44. The predicted molar refractivity (Wildman–Crippen MR) is 83.1 cm³/mol. The number of nitrogens with one attached hydrogen (secondary N) is 1. The summed E-state index contributed by atoms with van der Waals surface area (Å²) < 4.78 is 14.0. The molecule has 2 rings (SSSR count). The van der Waals surface area contributed by atoms with Gasteiger partial charge in [-0.2, -0.15) is 0 Å². The quantitative estimate of drug-likeness (QED) is 0.852. The lowest BCUT2D eigenvalue weighted by atomic mass is 9.99. The number of hydrogen-bond donors (Lipinski definition) is 1. The maximum atomic E-state index is 13.0. The van der Waals surface area contributed by atoms with Crippen molar-refractivity contribution in [2.45, 2.75) is 25.8 Å². The predicted octanol–water partition coefficient (Wildman–Crippen LogP) is 4.27. The molecule has 0 bridgehead atoms. The molecule has 106 valence electrons. The summed E-state index contributed by atoms with van der Waals surface area (Å²) >= 11 is 3.44. The van der Waals surface area contributed by atoms with Gasteiger partial charge < -0.3 is 5.32 Å². The Morgan fingerprint density at radius 2 is 2.00 bits per heavy atom. The highest BCUT2D eigenvalue weighted by molar-refractivity contribution is 9.10. The first kappa shape index (κ1) is 15.1. The smallest absolute Gasteiger partial charge is 0.123 e. The van der Waals surface area contributed by atoms with Gasteiger partial charge in [0, 0.05) is 22.9 Å². The third kappa shape index (κ3) is 4.39. The summed E-state index contributed by atoms with van der Waals surface area (Å²) in [7, 11) is 0. The van der Waals surface area contributed by atoms with Crippen LogP contribution in [0.4, 0.5) is 4.39 Å². The van der Waals surface area contributed by atoms with E-state index >= 15 is 0 Å². The Balaban J connectivity index is 2.16. The summed E-state index contributed by atoms with van der Waals surface area (Å²) in [6.45, 7) is 3.07. The molecule has 4 heteroatoms. The Kier molecular flexibility index (Phi) is 5.68. The van der Waals surface area contributed by atoms with Crippen molar-refractivity contribution in [1.29, 1.82) is 0 Å². The van der Waals surface area contributed by atoms with Gasteiger partial charge in [0.1, 0.15) is 5.82 Å². The molecule has 0 radical (unpaired) electrons. The molecular weight excluding hydrogens is 319 g/mol. The number of benzene rings is 1. The molecule has 0 fully saturated rings. The maximum Gasteiger partial charge on any atom is 0.123 e. The lowest BCUT2D eigenvalue weighted by Crippen LogP contribution is -2.24. The minimum Gasteiger partial charge on any atom is -0.310 e. The molecule has 0 spiro atoms. The summed E-state index contributed by atoms with van der Waals surface area (Å²) in [4.78, 5) is 4.19. The van der Waals surface area contributed by atoms with Gasteiger partial charge in [-0.3, -0.25) is 4.98 Å². The van der Waals surface area contributed by atoms with Gasteiger partial charge in [0.05, 0.1) is 0 Å². The van der Waals surface area contributed by atoms with Gasteiger partial charge >= 0.3 is 0 Å². The molecule has 1 N–H and O–H groups in total. The van der Waals surface area contributed by atoms with Crippen LogP contribution in [0.3, 0.4) is 0 Å². The second kappa shape index (κ2) is 7.50. The summed E-state index contributed by atoms with van der Waals surface area (Å²) in [5, 5.41) is 3.51. The van der Waals surface area contributed by atoms with E-state index < -0.39 is 0 Å². The summed E-state index contributed by atoms with van der Waals surface area (Å²) in [5.41, 5.74) is 2.25. The largest absolute Gasteiger partial charge is 0.310 e. The van der Waals surface area contributed by atoms with E-state index in [0.29, 0.717) is 0 Å². The highest BCUT2D eigenvalue weighted by Gasteiger charge is 2.12. The van der Waals surface area contributed by atoms with E-state index in [2.05, 4.69) is 39.2 Å². The van der Waals surface area contributed by atoms with E-state index in [1.54, 1.807) is 6.20 Å². The van der Waals surface area contributed by atoms with E-state index in [4.69, 9.17) is 0 Å². The van der Waals surface area contributed by atoms with Crippen molar-refractivity contribution < 1.29 is 4.39 Å². The van der Waals surface area contributed by atoms with Crippen LogP contribution in [0, 0.1) is 5.82 Å². The molecule has 2 aromatic rings. The molecule has 20 heavy (non-hydrogen) atoms. The zero-order chi connectivity index (χ0) is 14.4. The summed E-state index contributed by atoms with van der Waals surface area (Å²) in [6.07, 6.45) is 5.54. The zero-order valence-corrected chi connectivity index (χ0v) is 13.0. The molecule has 1 atom stereocenters. The van der Waals surface area contributed by atoms with Gasteiger partial charge in [-0.25, -0.2) is 4.39 Å². The van der Waals surface area contributed by atoms with Crippen LogP contribution < -0.4 is 5.32 Å². The first-order valence-corrected chi connectivity index (χ1v) is 7.56. The molecule has 1 aromatic carbocycles. The first-order valence-electron chi connectivity index (χ1n) is 6.77. The van der Waals surface area contributed by atoms with E-state index in [-0.39, 0.29) is 11.9 Å². The number of hydrogen-bond acceptors (Lipinski definition) is 2. The van der Waals surface area contributed by atoms with Crippen molar-refractivity contribution in [2.75, 3.05) is 6.54 Å². The van der Waals surface area contributed by atoms with Gasteiger partial charge in [0.2, 0.25) is 0 Å². The van der Waals surface area contributed by atoms with Gasteiger partial charge in [-0.1, -0.05) is 19.1 Å². The topological polar surface area (TPSA) is 24.9 Å². The Hall–Kier alpha value is -1.26. The second-order valence-corrected chi connectivity index (χ2v) is 5.69. The third-order valence-electron chi connectivity index (χ3n) is 3.11. The van der Waals surface area contributed by atoms with Crippen molar-refractivity contribution in [3.05, 3.63) is 64.1 Å². The molecule has 1 heterocycles. The number of pyridine rings is 1. The minimum absolute atomic E-state index is 0.173. The Morgan fingerprint density at radius 3 is 2.65 bits per heavy atom. The maximum absolute atomic E-state index is 13.0. The summed E-state index contributed by atoms with van der Waals surface area (Å²) in [5.74, 6) is -0.202. The Labute approximate surface area is 127 Å². The number of rotatable bonds is 6. The van der Waals surface area contributed by atoms with Gasteiger partial charge in [-0.05, 0) is 64.6 Å². The van der Waals surface area contributed by atoms with Crippen LogP contribution in [0.5, 0.6) is 0 Å². The van der Waals surface area contributed by atoms with Crippen molar-refractivity contribution in [3.8, 4) is 0 Å². The molecule has 1 unspecified atom stereocenters. The fourth-order valence-corrected chi connectivity index (χ4v) is 2.54. The van der Waals surface area contributed by atoms with Gasteiger partial charge in [-0.15, -0.1) is 0 Å². The van der Waals surface area contributed by atoms with Crippen LogP contribution in [-0.4, -0.2) is 11.5 Å².